The number of aromatic nitrogens is 1. The number of rotatable bonds is 5. The van der Waals surface area contributed by atoms with Crippen molar-refractivity contribution in [2.24, 2.45) is 17.3 Å². The Morgan fingerprint density at radius 1 is 1.36 bits per heavy atom. The molecular weight excluding hydrogens is 266 g/mol. The second kappa shape index (κ2) is 7.09. The maximum Gasteiger partial charge on any atom is 0.0665 e. The van der Waals surface area contributed by atoms with Crippen LogP contribution >= 0.6 is 0 Å². The minimum Gasteiger partial charge on any atom is -0.256 e. The fourth-order valence-corrected chi connectivity index (χ4v) is 3.20. The molecule has 1 aliphatic carbocycles. The SMILES string of the molecule is CCC=CC(C)(C(C)C)C1CC=CC=C1c1ccc(C)cn1. The van der Waals surface area contributed by atoms with Crippen molar-refractivity contribution in [3.8, 4) is 0 Å². The first-order valence-corrected chi connectivity index (χ1v) is 8.46. The van der Waals surface area contributed by atoms with E-state index in [9.17, 15) is 0 Å². The molecule has 1 aliphatic rings. The molecule has 0 spiro atoms. The van der Waals surface area contributed by atoms with E-state index in [4.69, 9.17) is 0 Å². The number of allylic oxidation sites excluding steroid dienone is 6. The summed E-state index contributed by atoms with van der Waals surface area (Å²) < 4.78 is 0. The third kappa shape index (κ3) is 3.40. The molecular formula is C21H29N. The predicted octanol–water partition coefficient (Wildman–Crippen LogP) is 5.98. The third-order valence-electron chi connectivity index (χ3n) is 5.07. The topological polar surface area (TPSA) is 12.9 Å². The van der Waals surface area contributed by atoms with Crippen LogP contribution in [0.5, 0.6) is 0 Å². The molecule has 1 heterocycles. The molecule has 1 aromatic rings. The van der Waals surface area contributed by atoms with E-state index in [-0.39, 0.29) is 5.41 Å². The van der Waals surface area contributed by atoms with E-state index in [1.165, 1.54) is 11.1 Å². The Labute approximate surface area is 135 Å². The highest BCUT2D eigenvalue weighted by Crippen LogP contribution is 2.47. The zero-order valence-electron chi connectivity index (χ0n) is 14.6. The lowest BCUT2D eigenvalue weighted by molar-refractivity contribution is 0.221. The zero-order valence-corrected chi connectivity index (χ0v) is 14.6. The van der Waals surface area contributed by atoms with Gasteiger partial charge in [0.05, 0.1) is 5.69 Å². The molecule has 0 amide bonds. The van der Waals surface area contributed by atoms with Crippen LogP contribution in [0.15, 0.2) is 48.7 Å². The number of hydrogen-bond acceptors (Lipinski definition) is 1. The van der Waals surface area contributed by atoms with Crippen LogP contribution in [-0.4, -0.2) is 4.98 Å². The minimum absolute atomic E-state index is 0.152. The Hall–Kier alpha value is -1.63. The van der Waals surface area contributed by atoms with Crippen LogP contribution in [0.4, 0.5) is 0 Å². The summed E-state index contributed by atoms with van der Waals surface area (Å²) in [4.78, 5) is 4.68. The van der Waals surface area contributed by atoms with E-state index in [0.717, 1.165) is 18.5 Å². The highest BCUT2D eigenvalue weighted by Gasteiger charge is 2.37. The van der Waals surface area contributed by atoms with Crippen LogP contribution in [0, 0.1) is 24.2 Å². The maximum atomic E-state index is 4.68. The van der Waals surface area contributed by atoms with Gasteiger partial charge in [0.25, 0.3) is 0 Å². The molecule has 0 aromatic carbocycles. The summed E-state index contributed by atoms with van der Waals surface area (Å²) in [6.07, 6.45) is 15.6. The quantitative estimate of drug-likeness (QED) is 0.609. The van der Waals surface area contributed by atoms with Crippen LogP contribution in [0.1, 0.15) is 51.8 Å². The van der Waals surface area contributed by atoms with Crippen molar-refractivity contribution in [1.29, 1.82) is 0 Å². The number of nitrogens with zero attached hydrogens (tertiary/aromatic N) is 1. The van der Waals surface area contributed by atoms with E-state index in [2.05, 4.69) is 82.1 Å². The van der Waals surface area contributed by atoms with E-state index in [1.54, 1.807) is 0 Å². The highest BCUT2D eigenvalue weighted by atomic mass is 14.7. The van der Waals surface area contributed by atoms with Gasteiger partial charge in [-0.2, -0.15) is 0 Å². The molecule has 1 nitrogen and oxygen atoms in total. The van der Waals surface area contributed by atoms with Gasteiger partial charge < -0.3 is 0 Å². The van der Waals surface area contributed by atoms with Crippen LogP contribution in [0.2, 0.25) is 0 Å². The second-order valence-electron chi connectivity index (χ2n) is 6.89. The summed E-state index contributed by atoms with van der Waals surface area (Å²) in [5.74, 6) is 1.07. The summed E-state index contributed by atoms with van der Waals surface area (Å²) in [5, 5.41) is 0. The van der Waals surface area contributed by atoms with Gasteiger partial charge >= 0.3 is 0 Å². The Morgan fingerprint density at radius 3 is 2.73 bits per heavy atom. The van der Waals surface area contributed by atoms with E-state index < -0.39 is 0 Å². The lowest BCUT2D eigenvalue weighted by Crippen LogP contribution is -2.32. The van der Waals surface area contributed by atoms with Gasteiger partial charge in [-0.1, -0.05) is 64.1 Å². The molecule has 0 aliphatic heterocycles. The Balaban J connectivity index is 2.43. The highest BCUT2D eigenvalue weighted by molar-refractivity contribution is 5.68. The Bertz CT molecular complexity index is 574. The summed E-state index contributed by atoms with van der Waals surface area (Å²) in [6, 6.07) is 4.32. The molecule has 2 rings (SSSR count). The molecule has 0 saturated heterocycles. The van der Waals surface area contributed by atoms with Gasteiger partial charge in [0.15, 0.2) is 0 Å². The normalized spacial score (nSPS) is 21.2. The van der Waals surface area contributed by atoms with E-state index >= 15 is 0 Å². The molecule has 0 N–H and O–H groups in total. The van der Waals surface area contributed by atoms with Crippen molar-refractivity contribution >= 4 is 5.57 Å². The Morgan fingerprint density at radius 2 is 2.14 bits per heavy atom. The summed E-state index contributed by atoms with van der Waals surface area (Å²) in [7, 11) is 0. The number of aryl methyl sites for hydroxylation is 1. The molecule has 0 bridgehead atoms. The van der Waals surface area contributed by atoms with Gasteiger partial charge in [0, 0.05) is 6.20 Å². The average molecular weight is 295 g/mol. The van der Waals surface area contributed by atoms with Crippen molar-refractivity contribution in [2.75, 3.05) is 0 Å². The molecule has 1 heteroatoms. The third-order valence-corrected chi connectivity index (χ3v) is 5.07. The van der Waals surface area contributed by atoms with Gasteiger partial charge in [0.1, 0.15) is 0 Å². The van der Waals surface area contributed by atoms with Crippen molar-refractivity contribution in [3.63, 3.8) is 0 Å². The molecule has 118 valence electrons. The van der Waals surface area contributed by atoms with Crippen molar-refractivity contribution in [2.45, 2.75) is 47.5 Å². The van der Waals surface area contributed by atoms with Crippen LogP contribution < -0.4 is 0 Å². The first-order chi connectivity index (χ1) is 10.5. The van der Waals surface area contributed by atoms with Crippen LogP contribution in [-0.2, 0) is 0 Å². The molecule has 0 fully saturated rings. The Kier molecular flexibility index (Phi) is 5.39. The average Bonchev–Trinajstić information content (AvgIpc) is 2.53. The van der Waals surface area contributed by atoms with E-state index in [0.29, 0.717) is 11.8 Å². The molecule has 2 unspecified atom stereocenters. The number of pyridine rings is 1. The molecule has 0 radical (unpaired) electrons. The molecule has 2 atom stereocenters. The van der Waals surface area contributed by atoms with Gasteiger partial charge in [-0.05, 0) is 54.2 Å². The fourth-order valence-electron chi connectivity index (χ4n) is 3.20. The number of hydrogen-bond donors (Lipinski definition) is 0. The van der Waals surface area contributed by atoms with Gasteiger partial charge in [-0.15, -0.1) is 0 Å². The van der Waals surface area contributed by atoms with Gasteiger partial charge in [-0.25, -0.2) is 0 Å². The van der Waals surface area contributed by atoms with Gasteiger partial charge in [-0.3, -0.25) is 4.98 Å². The van der Waals surface area contributed by atoms with Crippen LogP contribution in [0.25, 0.3) is 5.57 Å². The summed E-state index contributed by atoms with van der Waals surface area (Å²) in [5.41, 5.74) is 3.86. The van der Waals surface area contributed by atoms with Crippen molar-refractivity contribution in [1.82, 2.24) is 4.98 Å². The van der Waals surface area contributed by atoms with Gasteiger partial charge in [0.2, 0.25) is 0 Å². The minimum atomic E-state index is 0.152. The lowest BCUT2D eigenvalue weighted by Gasteiger charge is -2.41. The van der Waals surface area contributed by atoms with Crippen LogP contribution in [0.3, 0.4) is 0 Å². The first-order valence-electron chi connectivity index (χ1n) is 8.46. The second-order valence-corrected chi connectivity index (χ2v) is 6.89. The van der Waals surface area contributed by atoms with E-state index in [1.807, 2.05) is 6.20 Å². The smallest absolute Gasteiger partial charge is 0.0665 e. The zero-order chi connectivity index (χ0) is 16.2. The van der Waals surface area contributed by atoms with Crippen molar-refractivity contribution in [3.05, 3.63) is 60.0 Å². The first kappa shape index (κ1) is 16.7. The largest absolute Gasteiger partial charge is 0.256 e. The molecule has 0 saturated carbocycles. The predicted molar refractivity (Wildman–Crippen MR) is 96.6 cm³/mol. The molecule has 1 aromatic heterocycles. The molecule has 22 heavy (non-hydrogen) atoms. The standard InChI is InChI=1S/C21H29N/c1-6-7-14-21(5,16(2)3)19-11-9-8-10-18(19)20-13-12-17(4)15-22-20/h7-10,12-16,19H,6,11H2,1-5H3. The monoisotopic (exact) mass is 295 g/mol. The summed E-state index contributed by atoms with van der Waals surface area (Å²) >= 11 is 0. The lowest BCUT2D eigenvalue weighted by atomic mass is 9.63. The van der Waals surface area contributed by atoms with Crippen molar-refractivity contribution < 1.29 is 0 Å². The fraction of sp³-hybridized carbons (Fsp3) is 0.476. The maximum absolute atomic E-state index is 4.68. The summed E-state index contributed by atoms with van der Waals surface area (Å²) in [6.45, 7) is 11.4.